The molecule has 0 spiro atoms. The summed E-state index contributed by atoms with van der Waals surface area (Å²) in [5, 5.41) is 6.85. The van der Waals surface area contributed by atoms with Crippen LogP contribution < -0.4 is 0 Å². The highest BCUT2D eigenvalue weighted by molar-refractivity contribution is 5.90. The van der Waals surface area contributed by atoms with E-state index >= 15 is 0 Å². The Morgan fingerprint density at radius 3 is 3.05 bits per heavy atom. The third-order valence-corrected chi connectivity index (χ3v) is 3.49. The molecule has 1 N–H and O–H groups in total. The molecule has 0 radical (unpaired) electrons. The normalized spacial score (nSPS) is 14.4. The predicted molar refractivity (Wildman–Crippen MR) is 73.2 cm³/mol. The van der Waals surface area contributed by atoms with Crippen LogP contribution in [-0.2, 0) is 13.0 Å². The molecule has 2 aromatic heterocycles. The molecule has 0 aromatic carbocycles. The molecule has 6 heteroatoms. The van der Waals surface area contributed by atoms with E-state index in [9.17, 15) is 4.79 Å². The van der Waals surface area contributed by atoms with Gasteiger partial charge < -0.3 is 4.90 Å². The van der Waals surface area contributed by atoms with Crippen molar-refractivity contribution in [2.45, 2.75) is 32.7 Å². The summed E-state index contributed by atoms with van der Waals surface area (Å²) in [6.45, 7) is 5.26. The van der Waals surface area contributed by atoms with Crippen molar-refractivity contribution in [3.05, 3.63) is 41.2 Å². The smallest absolute Gasteiger partial charge is 0.293 e. The molecule has 0 saturated heterocycles. The Labute approximate surface area is 117 Å². The molecule has 2 aromatic rings. The first-order valence-electron chi connectivity index (χ1n) is 6.79. The Kier molecular flexibility index (Phi) is 3.22. The monoisotopic (exact) mass is 271 g/mol. The second kappa shape index (κ2) is 5.03. The first kappa shape index (κ1) is 12.8. The van der Waals surface area contributed by atoms with E-state index < -0.39 is 0 Å². The minimum absolute atomic E-state index is 0.123. The van der Waals surface area contributed by atoms with Gasteiger partial charge in [0.2, 0.25) is 5.82 Å². The number of hydrogen-bond donors (Lipinski definition) is 1. The van der Waals surface area contributed by atoms with Gasteiger partial charge in [-0.3, -0.25) is 14.9 Å². The predicted octanol–water partition coefficient (Wildman–Crippen LogP) is 1.52. The number of aromatic amines is 1. The Morgan fingerprint density at radius 2 is 2.30 bits per heavy atom. The molecule has 0 fully saturated rings. The van der Waals surface area contributed by atoms with Crippen LogP contribution in [0.5, 0.6) is 0 Å². The molecule has 20 heavy (non-hydrogen) atoms. The molecule has 104 valence electrons. The van der Waals surface area contributed by atoms with E-state index in [1.165, 1.54) is 0 Å². The van der Waals surface area contributed by atoms with Crippen molar-refractivity contribution in [1.29, 1.82) is 0 Å². The maximum absolute atomic E-state index is 12.4. The fourth-order valence-corrected chi connectivity index (χ4v) is 2.31. The lowest BCUT2D eigenvalue weighted by molar-refractivity contribution is 0.0721. The fourth-order valence-electron chi connectivity index (χ4n) is 2.31. The Balaban J connectivity index is 1.78. The van der Waals surface area contributed by atoms with Crippen molar-refractivity contribution in [3.63, 3.8) is 0 Å². The molecule has 0 atom stereocenters. The van der Waals surface area contributed by atoms with Crippen LogP contribution >= 0.6 is 0 Å². The van der Waals surface area contributed by atoms with Crippen LogP contribution in [0.15, 0.2) is 18.3 Å². The zero-order chi connectivity index (χ0) is 14.1. The van der Waals surface area contributed by atoms with Crippen molar-refractivity contribution in [2.24, 2.45) is 0 Å². The summed E-state index contributed by atoms with van der Waals surface area (Å²) < 4.78 is 0. The van der Waals surface area contributed by atoms with Gasteiger partial charge in [0.15, 0.2) is 0 Å². The number of nitrogens with zero attached hydrogens (tertiary/aromatic N) is 4. The number of fused-ring (bicyclic) bond motifs is 1. The Morgan fingerprint density at radius 1 is 1.45 bits per heavy atom. The third kappa shape index (κ3) is 2.29. The van der Waals surface area contributed by atoms with Crippen molar-refractivity contribution >= 4 is 5.91 Å². The largest absolute Gasteiger partial charge is 0.331 e. The summed E-state index contributed by atoms with van der Waals surface area (Å²) in [5.41, 5.74) is 2.18. The highest BCUT2D eigenvalue weighted by Gasteiger charge is 2.25. The van der Waals surface area contributed by atoms with Gasteiger partial charge in [-0.25, -0.2) is 4.98 Å². The summed E-state index contributed by atoms with van der Waals surface area (Å²) in [5.74, 6) is 1.10. The van der Waals surface area contributed by atoms with Crippen molar-refractivity contribution < 1.29 is 4.79 Å². The van der Waals surface area contributed by atoms with Crippen LogP contribution in [0, 0.1) is 0 Å². The number of carbonyl (C=O) groups is 1. The number of pyridine rings is 1. The molecule has 0 saturated carbocycles. The summed E-state index contributed by atoms with van der Waals surface area (Å²) in [6.07, 6.45) is 2.57. The first-order valence-corrected chi connectivity index (χ1v) is 6.79. The SMILES string of the molecule is CC(C)c1nc(C(=O)N2CCc3ncccc3C2)n[nH]1. The van der Waals surface area contributed by atoms with Gasteiger partial charge in [-0.15, -0.1) is 5.10 Å². The average Bonchev–Trinajstić information content (AvgIpc) is 2.96. The highest BCUT2D eigenvalue weighted by Crippen LogP contribution is 2.18. The topological polar surface area (TPSA) is 74.8 Å². The van der Waals surface area contributed by atoms with Gasteiger partial charge in [-0.2, -0.15) is 0 Å². The van der Waals surface area contributed by atoms with Crippen molar-refractivity contribution in [3.8, 4) is 0 Å². The average molecular weight is 271 g/mol. The van der Waals surface area contributed by atoms with E-state index in [0.717, 1.165) is 23.5 Å². The van der Waals surface area contributed by atoms with E-state index in [1.807, 2.05) is 26.0 Å². The van der Waals surface area contributed by atoms with Gasteiger partial charge in [0.05, 0.1) is 0 Å². The molecule has 1 amide bonds. The number of amides is 1. The summed E-state index contributed by atoms with van der Waals surface area (Å²) in [4.78, 5) is 22.8. The van der Waals surface area contributed by atoms with Crippen molar-refractivity contribution in [1.82, 2.24) is 25.1 Å². The molecule has 0 unspecified atom stereocenters. The van der Waals surface area contributed by atoms with E-state index in [0.29, 0.717) is 13.1 Å². The lowest BCUT2D eigenvalue weighted by Crippen LogP contribution is -2.36. The van der Waals surface area contributed by atoms with Gasteiger partial charge in [-0.05, 0) is 11.6 Å². The van der Waals surface area contributed by atoms with Crippen LogP contribution in [0.25, 0.3) is 0 Å². The number of carbonyl (C=O) groups excluding carboxylic acids is 1. The minimum atomic E-state index is -0.123. The third-order valence-electron chi connectivity index (χ3n) is 3.49. The molecule has 0 aliphatic carbocycles. The molecule has 0 bridgehead atoms. The molecular weight excluding hydrogens is 254 g/mol. The maximum atomic E-state index is 12.4. The zero-order valence-electron chi connectivity index (χ0n) is 11.6. The van der Waals surface area contributed by atoms with Crippen LogP contribution in [0.1, 0.15) is 47.5 Å². The number of H-pyrrole nitrogens is 1. The summed E-state index contributed by atoms with van der Waals surface area (Å²) in [7, 11) is 0. The van der Waals surface area contributed by atoms with Gasteiger partial charge in [0.1, 0.15) is 5.82 Å². The van der Waals surface area contributed by atoms with Crippen molar-refractivity contribution in [2.75, 3.05) is 6.54 Å². The van der Waals surface area contributed by atoms with Gasteiger partial charge in [-0.1, -0.05) is 19.9 Å². The van der Waals surface area contributed by atoms with Crippen LogP contribution in [0.2, 0.25) is 0 Å². The van der Waals surface area contributed by atoms with E-state index in [-0.39, 0.29) is 17.6 Å². The number of nitrogens with one attached hydrogen (secondary N) is 1. The van der Waals surface area contributed by atoms with Gasteiger partial charge >= 0.3 is 0 Å². The Hall–Kier alpha value is -2.24. The number of rotatable bonds is 2. The first-order chi connectivity index (χ1) is 9.65. The maximum Gasteiger partial charge on any atom is 0.293 e. The lowest BCUT2D eigenvalue weighted by Gasteiger charge is -2.27. The second-order valence-corrected chi connectivity index (χ2v) is 5.28. The van der Waals surface area contributed by atoms with Gasteiger partial charge in [0, 0.05) is 37.3 Å². The quantitative estimate of drug-likeness (QED) is 0.898. The summed E-state index contributed by atoms with van der Waals surface area (Å²) in [6, 6.07) is 3.91. The number of hydrogen-bond acceptors (Lipinski definition) is 4. The molecule has 6 nitrogen and oxygen atoms in total. The van der Waals surface area contributed by atoms with E-state index in [1.54, 1.807) is 11.1 Å². The van der Waals surface area contributed by atoms with E-state index in [2.05, 4.69) is 20.2 Å². The van der Waals surface area contributed by atoms with Crippen LogP contribution in [0.4, 0.5) is 0 Å². The lowest BCUT2D eigenvalue weighted by atomic mass is 10.1. The molecule has 3 heterocycles. The molecule has 1 aliphatic heterocycles. The Bertz CT molecular complexity index is 634. The zero-order valence-corrected chi connectivity index (χ0v) is 11.6. The summed E-state index contributed by atoms with van der Waals surface area (Å²) >= 11 is 0. The van der Waals surface area contributed by atoms with Crippen LogP contribution in [0.3, 0.4) is 0 Å². The number of aromatic nitrogens is 4. The minimum Gasteiger partial charge on any atom is -0.331 e. The van der Waals surface area contributed by atoms with Crippen LogP contribution in [-0.4, -0.2) is 37.5 Å². The highest BCUT2D eigenvalue weighted by atomic mass is 16.2. The van der Waals surface area contributed by atoms with E-state index in [4.69, 9.17) is 0 Å². The van der Waals surface area contributed by atoms with Gasteiger partial charge in [0.25, 0.3) is 5.91 Å². The molecule has 1 aliphatic rings. The molecular formula is C14H17N5O. The standard InChI is InChI=1S/C14H17N5O/c1-9(2)12-16-13(18-17-12)14(20)19-7-5-11-10(8-19)4-3-6-15-11/h3-4,6,9H,5,7-8H2,1-2H3,(H,16,17,18). The second-order valence-electron chi connectivity index (χ2n) is 5.28. The molecule has 3 rings (SSSR count). The fraction of sp³-hybridized carbons (Fsp3) is 0.429.